The van der Waals surface area contributed by atoms with Crippen molar-refractivity contribution in [2.75, 3.05) is 33.4 Å². The van der Waals surface area contributed by atoms with Crippen molar-refractivity contribution in [2.45, 2.75) is 38.3 Å². The number of hydrogen-bond donors (Lipinski definition) is 1. The van der Waals surface area contributed by atoms with E-state index in [1.54, 1.807) is 0 Å². The monoisotopic (exact) mass is 212 g/mol. The Kier molecular flexibility index (Phi) is 4.00. The van der Waals surface area contributed by atoms with Crippen LogP contribution in [0.4, 0.5) is 0 Å². The largest absolute Gasteiger partial charge is 0.381 e. The predicted octanol–water partition coefficient (Wildman–Crippen LogP) is 1.10. The van der Waals surface area contributed by atoms with Crippen molar-refractivity contribution in [3.63, 3.8) is 0 Å². The van der Waals surface area contributed by atoms with Gasteiger partial charge in [-0.1, -0.05) is 0 Å². The summed E-state index contributed by atoms with van der Waals surface area (Å²) in [7, 11) is 2.21. The molecule has 2 rings (SSSR count). The molecule has 0 spiro atoms. The lowest BCUT2D eigenvalue weighted by atomic mass is 9.92. The van der Waals surface area contributed by atoms with Crippen LogP contribution in [0.1, 0.15) is 26.2 Å². The zero-order valence-corrected chi connectivity index (χ0v) is 10.0. The minimum absolute atomic E-state index is 0.658. The van der Waals surface area contributed by atoms with Crippen molar-refractivity contribution < 1.29 is 4.74 Å². The van der Waals surface area contributed by atoms with Gasteiger partial charge in [-0.25, -0.2) is 0 Å². The summed E-state index contributed by atoms with van der Waals surface area (Å²) in [5.74, 6) is 0.824. The van der Waals surface area contributed by atoms with Crippen LogP contribution in [0.2, 0.25) is 0 Å². The summed E-state index contributed by atoms with van der Waals surface area (Å²) in [6, 6.07) is 1.37. The molecule has 2 saturated heterocycles. The highest BCUT2D eigenvalue weighted by Crippen LogP contribution is 2.20. The normalized spacial score (nSPS) is 32.0. The second-order valence-electron chi connectivity index (χ2n) is 5.15. The first-order valence-corrected chi connectivity index (χ1v) is 6.28. The molecule has 2 fully saturated rings. The Morgan fingerprint density at radius 2 is 2.00 bits per heavy atom. The molecule has 0 aromatic carbocycles. The number of likely N-dealkylation sites (tertiary alicyclic amines) is 1. The highest BCUT2D eigenvalue weighted by molar-refractivity contribution is 4.84. The number of nitrogens with one attached hydrogen (secondary N) is 1. The summed E-state index contributed by atoms with van der Waals surface area (Å²) >= 11 is 0. The van der Waals surface area contributed by atoms with E-state index in [0.29, 0.717) is 12.1 Å². The van der Waals surface area contributed by atoms with Gasteiger partial charge in [-0.05, 0) is 45.7 Å². The summed E-state index contributed by atoms with van der Waals surface area (Å²) in [4.78, 5) is 2.41. The molecule has 0 aromatic rings. The maximum absolute atomic E-state index is 5.40. The Morgan fingerprint density at radius 1 is 1.27 bits per heavy atom. The fourth-order valence-electron chi connectivity index (χ4n) is 2.79. The molecule has 2 heterocycles. The number of ether oxygens (including phenoxy) is 1. The second kappa shape index (κ2) is 5.28. The van der Waals surface area contributed by atoms with Gasteiger partial charge in [-0.2, -0.15) is 0 Å². The first-order chi connectivity index (χ1) is 7.25. The maximum atomic E-state index is 5.40. The third-order valence-corrected chi connectivity index (χ3v) is 3.86. The average Bonchev–Trinajstić information content (AvgIpc) is 2.65. The van der Waals surface area contributed by atoms with E-state index < -0.39 is 0 Å². The van der Waals surface area contributed by atoms with E-state index in [1.165, 1.54) is 32.4 Å². The fraction of sp³-hybridized carbons (Fsp3) is 1.00. The van der Waals surface area contributed by atoms with Gasteiger partial charge in [0, 0.05) is 31.8 Å². The van der Waals surface area contributed by atoms with Crippen molar-refractivity contribution in [3.8, 4) is 0 Å². The first-order valence-electron chi connectivity index (χ1n) is 6.28. The highest BCUT2D eigenvalue weighted by Gasteiger charge is 2.25. The molecule has 3 heteroatoms. The second-order valence-corrected chi connectivity index (χ2v) is 5.15. The van der Waals surface area contributed by atoms with E-state index in [4.69, 9.17) is 4.74 Å². The van der Waals surface area contributed by atoms with Gasteiger partial charge in [0.15, 0.2) is 0 Å². The Hall–Kier alpha value is -0.120. The molecule has 2 unspecified atom stereocenters. The number of rotatable bonds is 3. The van der Waals surface area contributed by atoms with Gasteiger partial charge in [0.05, 0.1) is 0 Å². The molecular weight excluding hydrogens is 188 g/mol. The summed E-state index contributed by atoms with van der Waals surface area (Å²) in [6.45, 7) is 6.72. The average molecular weight is 212 g/mol. The predicted molar refractivity (Wildman–Crippen MR) is 62.0 cm³/mol. The number of hydrogen-bond acceptors (Lipinski definition) is 3. The molecule has 0 saturated carbocycles. The molecule has 2 atom stereocenters. The molecule has 1 N–H and O–H groups in total. The molecular formula is C12H24N2O. The van der Waals surface area contributed by atoms with Crippen molar-refractivity contribution in [2.24, 2.45) is 5.92 Å². The third-order valence-electron chi connectivity index (χ3n) is 3.86. The van der Waals surface area contributed by atoms with Crippen LogP contribution >= 0.6 is 0 Å². The SMILES string of the molecule is CC(NC1CCN(C)C1)C1CCOCC1. The Bertz CT molecular complexity index is 192. The highest BCUT2D eigenvalue weighted by atomic mass is 16.5. The van der Waals surface area contributed by atoms with E-state index in [-0.39, 0.29) is 0 Å². The summed E-state index contributed by atoms with van der Waals surface area (Å²) < 4.78 is 5.40. The molecule has 0 aliphatic carbocycles. The summed E-state index contributed by atoms with van der Waals surface area (Å²) in [5, 5.41) is 3.78. The maximum Gasteiger partial charge on any atom is 0.0469 e. The van der Waals surface area contributed by atoms with E-state index in [2.05, 4.69) is 24.2 Å². The summed E-state index contributed by atoms with van der Waals surface area (Å²) in [6.07, 6.45) is 3.78. The Balaban J connectivity index is 1.73. The molecule has 15 heavy (non-hydrogen) atoms. The lowest BCUT2D eigenvalue weighted by Gasteiger charge is -2.30. The van der Waals surface area contributed by atoms with Crippen molar-refractivity contribution in [1.29, 1.82) is 0 Å². The van der Waals surface area contributed by atoms with Crippen LogP contribution in [0.5, 0.6) is 0 Å². The van der Waals surface area contributed by atoms with Crippen LogP contribution < -0.4 is 5.32 Å². The van der Waals surface area contributed by atoms with Gasteiger partial charge in [-0.3, -0.25) is 0 Å². The Morgan fingerprint density at radius 3 is 2.60 bits per heavy atom. The van der Waals surface area contributed by atoms with Crippen LogP contribution in [0, 0.1) is 5.92 Å². The van der Waals surface area contributed by atoms with Crippen LogP contribution in [0.3, 0.4) is 0 Å². The molecule has 0 amide bonds. The van der Waals surface area contributed by atoms with E-state index in [0.717, 1.165) is 19.1 Å². The minimum Gasteiger partial charge on any atom is -0.381 e. The minimum atomic E-state index is 0.658. The summed E-state index contributed by atoms with van der Waals surface area (Å²) in [5.41, 5.74) is 0. The molecule has 0 radical (unpaired) electrons. The third kappa shape index (κ3) is 3.16. The number of nitrogens with zero attached hydrogens (tertiary/aromatic N) is 1. The molecule has 2 aliphatic heterocycles. The molecule has 2 aliphatic rings. The van der Waals surface area contributed by atoms with Gasteiger partial charge in [0.25, 0.3) is 0 Å². The topological polar surface area (TPSA) is 24.5 Å². The van der Waals surface area contributed by atoms with E-state index in [1.807, 2.05) is 0 Å². The Labute approximate surface area is 93.2 Å². The van der Waals surface area contributed by atoms with Crippen LogP contribution in [-0.4, -0.2) is 50.3 Å². The molecule has 0 aromatic heterocycles. The van der Waals surface area contributed by atoms with Gasteiger partial charge in [0.1, 0.15) is 0 Å². The molecule has 3 nitrogen and oxygen atoms in total. The standard InChI is InChI=1S/C12H24N2O/c1-10(11-4-7-15-8-5-11)13-12-3-6-14(2)9-12/h10-13H,3-9H2,1-2H3. The number of likely N-dealkylation sites (N-methyl/N-ethyl adjacent to an activating group) is 1. The van der Waals surface area contributed by atoms with E-state index >= 15 is 0 Å². The van der Waals surface area contributed by atoms with Gasteiger partial charge < -0.3 is 15.0 Å². The van der Waals surface area contributed by atoms with Crippen LogP contribution in [-0.2, 0) is 4.74 Å². The smallest absolute Gasteiger partial charge is 0.0469 e. The molecule has 0 bridgehead atoms. The first kappa shape index (κ1) is 11.4. The lowest BCUT2D eigenvalue weighted by Crippen LogP contribution is -2.43. The zero-order valence-electron chi connectivity index (χ0n) is 10.0. The van der Waals surface area contributed by atoms with E-state index in [9.17, 15) is 0 Å². The lowest BCUT2D eigenvalue weighted by molar-refractivity contribution is 0.0546. The van der Waals surface area contributed by atoms with Gasteiger partial charge >= 0.3 is 0 Å². The van der Waals surface area contributed by atoms with Crippen molar-refractivity contribution >= 4 is 0 Å². The van der Waals surface area contributed by atoms with Crippen LogP contribution in [0.15, 0.2) is 0 Å². The van der Waals surface area contributed by atoms with Gasteiger partial charge in [0.2, 0.25) is 0 Å². The van der Waals surface area contributed by atoms with Crippen LogP contribution in [0.25, 0.3) is 0 Å². The zero-order chi connectivity index (χ0) is 10.7. The van der Waals surface area contributed by atoms with Crippen molar-refractivity contribution in [1.82, 2.24) is 10.2 Å². The van der Waals surface area contributed by atoms with Crippen molar-refractivity contribution in [3.05, 3.63) is 0 Å². The quantitative estimate of drug-likeness (QED) is 0.758. The molecule has 88 valence electrons. The fourth-order valence-corrected chi connectivity index (χ4v) is 2.79. The van der Waals surface area contributed by atoms with Gasteiger partial charge in [-0.15, -0.1) is 0 Å².